The summed E-state index contributed by atoms with van der Waals surface area (Å²) < 4.78 is 0. The van der Waals surface area contributed by atoms with Crippen molar-refractivity contribution in [3.05, 3.63) is 0 Å². The van der Waals surface area contributed by atoms with Crippen molar-refractivity contribution in [1.29, 1.82) is 0 Å². The number of rotatable bonds is 4. The van der Waals surface area contributed by atoms with Gasteiger partial charge in [0.25, 0.3) is 0 Å². The van der Waals surface area contributed by atoms with Crippen LogP contribution in [0, 0.1) is 17.3 Å². The molecule has 12 heavy (non-hydrogen) atoms. The normalized spacial score (nSPS) is 31.2. The van der Waals surface area contributed by atoms with Crippen molar-refractivity contribution in [2.75, 3.05) is 0 Å². The van der Waals surface area contributed by atoms with Crippen molar-refractivity contribution >= 4 is 0 Å². The molecule has 0 saturated heterocycles. The lowest BCUT2D eigenvalue weighted by Crippen LogP contribution is -2.22. The fraction of sp³-hybridized carbons (Fsp3) is 1.00. The van der Waals surface area contributed by atoms with E-state index in [9.17, 15) is 5.11 Å². The Kier molecular flexibility index (Phi) is 2.82. The maximum Gasteiger partial charge on any atom is 0.0599 e. The van der Waals surface area contributed by atoms with E-state index < -0.39 is 0 Å². The minimum Gasteiger partial charge on any atom is -0.393 e. The van der Waals surface area contributed by atoms with Crippen LogP contribution >= 0.6 is 0 Å². The third kappa shape index (κ3) is 2.01. The fourth-order valence-electron chi connectivity index (χ4n) is 2.11. The zero-order valence-electron chi connectivity index (χ0n) is 8.80. The van der Waals surface area contributed by atoms with E-state index in [0.29, 0.717) is 17.3 Å². The SMILES string of the molecule is CCCC(C)C(O)C1CC1(C)C. The average Bonchev–Trinajstić information content (AvgIpc) is 2.59. The smallest absolute Gasteiger partial charge is 0.0599 e. The Hall–Kier alpha value is -0.0400. The summed E-state index contributed by atoms with van der Waals surface area (Å²) in [5.74, 6) is 1.06. The van der Waals surface area contributed by atoms with Crippen LogP contribution in [0.1, 0.15) is 47.0 Å². The zero-order chi connectivity index (χ0) is 9.35. The van der Waals surface area contributed by atoms with E-state index in [1.54, 1.807) is 0 Å². The quantitative estimate of drug-likeness (QED) is 0.688. The molecule has 3 unspecified atom stereocenters. The molecule has 1 heteroatoms. The van der Waals surface area contributed by atoms with E-state index in [4.69, 9.17) is 0 Å². The van der Waals surface area contributed by atoms with Gasteiger partial charge >= 0.3 is 0 Å². The molecule has 72 valence electrons. The third-order valence-corrected chi connectivity index (χ3v) is 3.33. The summed E-state index contributed by atoms with van der Waals surface area (Å²) in [5.41, 5.74) is 0.418. The zero-order valence-corrected chi connectivity index (χ0v) is 8.80. The molecule has 0 bridgehead atoms. The van der Waals surface area contributed by atoms with Gasteiger partial charge in [-0.05, 0) is 30.1 Å². The molecule has 0 spiro atoms. The number of aliphatic hydroxyl groups excluding tert-OH is 1. The maximum atomic E-state index is 9.92. The number of aliphatic hydroxyl groups is 1. The lowest BCUT2D eigenvalue weighted by atomic mass is 9.93. The molecule has 0 aromatic carbocycles. The largest absolute Gasteiger partial charge is 0.393 e. The van der Waals surface area contributed by atoms with Crippen molar-refractivity contribution in [1.82, 2.24) is 0 Å². The molecule has 1 aliphatic rings. The molecule has 3 atom stereocenters. The van der Waals surface area contributed by atoms with Crippen LogP contribution in [0.15, 0.2) is 0 Å². The van der Waals surface area contributed by atoms with Crippen LogP contribution in [0.25, 0.3) is 0 Å². The van der Waals surface area contributed by atoms with Crippen LogP contribution in [-0.2, 0) is 0 Å². The van der Waals surface area contributed by atoms with Gasteiger partial charge in [-0.3, -0.25) is 0 Å². The van der Waals surface area contributed by atoms with Crippen molar-refractivity contribution in [3.8, 4) is 0 Å². The Morgan fingerprint density at radius 2 is 2.00 bits per heavy atom. The summed E-state index contributed by atoms with van der Waals surface area (Å²) in [6, 6.07) is 0. The van der Waals surface area contributed by atoms with Crippen LogP contribution in [-0.4, -0.2) is 11.2 Å². The topological polar surface area (TPSA) is 20.2 Å². The van der Waals surface area contributed by atoms with Crippen molar-refractivity contribution in [3.63, 3.8) is 0 Å². The summed E-state index contributed by atoms with van der Waals surface area (Å²) in [6.07, 6.45) is 3.50. The van der Waals surface area contributed by atoms with Crippen LogP contribution in [0.3, 0.4) is 0 Å². The summed E-state index contributed by atoms with van der Waals surface area (Å²) in [7, 11) is 0. The predicted molar refractivity (Wildman–Crippen MR) is 52.0 cm³/mol. The summed E-state index contributed by atoms with van der Waals surface area (Å²) in [4.78, 5) is 0. The molecular formula is C11H22O. The Bertz CT molecular complexity index is 151. The summed E-state index contributed by atoms with van der Waals surface area (Å²) >= 11 is 0. The molecule has 1 aliphatic carbocycles. The van der Waals surface area contributed by atoms with Gasteiger partial charge in [-0.25, -0.2) is 0 Å². The van der Waals surface area contributed by atoms with E-state index in [1.807, 2.05) is 0 Å². The second-order valence-corrected chi connectivity index (χ2v) is 5.06. The Morgan fingerprint density at radius 3 is 2.33 bits per heavy atom. The van der Waals surface area contributed by atoms with Gasteiger partial charge in [-0.1, -0.05) is 34.1 Å². The monoisotopic (exact) mass is 170 g/mol. The first-order valence-corrected chi connectivity index (χ1v) is 5.17. The number of hydrogen-bond acceptors (Lipinski definition) is 1. The molecule has 0 heterocycles. The highest BCUT2D eigenvalue weighted by Gasteiger charge is 2.50. The van der Waals surface area contributed by atoms with E-state index in [1.165, 1.54) is 12.8 Å². The van der Waals surface area contributed by atoms with Crippen molar-refractivity contribution < 1.29 is 5.11 Å². The highest BCUT2D eigenvalue weighted by atomic mass is 16.3. The third-order valence-electron chi connectivity index (χ3n) is 3.33. The van der Waals surface area contributed by atoms with Crippen LogP contribution in [0.2, 0.25) is 0 Å². The minimum absolute atomic E-state index is 0.0556. The van der Waals surface area contributed by atoms with Crippen LogP contribution in [0.4, 0.5) is 0 Å². The molecule has 1 nitrogen and oxygen atoms in total. The first-order valence-electron chi connectivity index (χ1n) is 5.17. The Morgan fingerprint density at radius 1 is 1.50 bits per heavy atom. The maximum absolute atomic E-state index is 9.92. The average molecular weight is 170 g/mol. The molecular weight excluding hydrogens is 148 g/mol. The standard InChI is InChI=1S/C11H22O/c1-5-6-8(2)10(12)9-7-11(9,3)4/h8-10,12H,5-7H2,1-4H3. The highest BCUT2D eigenvalue weighted by molar-refractivity contribution is 5.00. The van der Waals surface area contributed by atoms with Crippen LogP contribution < -0.4 is 0 Å². The Balaban J connectivity index is 2.34. The van der Waals surface area contributed by atoms with Crippen LogP contribution in [0.5, 0.6) is 0 Å². The molecule has 1 saturated carbocycles. The van der Waals surface area contributed by atoms with Gasteiger partial charge in [-0.2, -0.15) is 0 Å². The first-order chi connectivity index (χ1) is 5.49. The summed E-state index contributed by atoms with van der Waals surface area (Å²) in [6.45, 7) is 8.85. The van der Waals surface area contributed by atoms with Gasteiger partial charge in [-0.15, -0.1) is 0 Å². The second-order valence-electron chi connectivity index (χ2n) is 5.06. The molecule has 0 aromatic heterocycles. The van der Waals surface area contributed by atoms with Crippen molar-refractivity contribution in [2.24, 2.45) is 17.3 Å². The van der Waals surface area contributed by atoms with Gasteiger partial charge in [0.2, 0.25) is 0 Å². The van der Waals surface area contributed by atoms with Crippen molar-refractivity contribution in [2.45, 2.75) is 53.1 Å². The van der Waals surface area contributed by atoms with Gasteiger partial charge in [0, 0.05) is 0 Å². The van der Waals surface area contributed by atoms with Gasteiger partial charge < -0.3 is 5.11 Å². The predicted octanol–water partition coefficient (Wildman–Crippen LogP) is 2.83. The molecule has 0 aromatic rings. The lowest BCUT2D eigenvalue weighted by Gasteiger charge is -2.19. The molecule has 1 fully saturated rings. The molecule has 1 N–H and O–H groups in total. The van der Waals surface area contributed by atoms with E-state index in [0.717, 1.165) is 6.42 Å². The minimum atomic E-state index is -0.0556. The molecule has 0 radical (unpaired) electrons. The van der Waals surface area contributed by atoms with Gasteiger partial charge in [0.05, 0.1) is 6.10 Å². The first kappa shape index (κ1) is 10.0. The second kappa shape index (κ2) is 3.37. The summed E-state index contributed by atoms with van der Waals surface area (Å²) in [5, 5.41) is 9.92. The lowest BCUT2D eigenvalue weighted by molar-refractivity contribution is 0.0784. The van der Waals surface area contributed by atoms with E-state index >= 15 is 0 Å². The fourth-order valence-corrected chi connectivity index (χ4v) is 2.11. The van der Waals surface area contributed by atoms with Gasteiger partial charge in [0.15, 0.2) is 0 Å². The Labute approximate surface area is 76.2 Å². The van der Waals surface area contributed by atoms with E-state index in [-0.39, 0.29) is 6.10 Å². The molecule has 0 aliphatic heterocycles. The molecule has 1 rings (SSSR count). The highest BCUT2D eigenvalue weighted by Crippen LogP contribution is 2.55. The number of hydrogen-bond donors (Lipinski definition) is 1. The molecule has 0 amide bonds. The van der Waals surface area contributed by atoms with Gasteiger partial charge in [0.1, 0.15) is 0 Å². The van der Waals surface area contributed by atoms with E-state index in [2.05, 4.69) is 27.7 Å².